The van der Waals surface area contributed by atoms with Crippen molar-refractivity contribution in [1.82, 2.24) is 10.2 Å². The number of carbonyl (C=O) groups is 1. The van der Waals surface area contributed by atoms with Crippen LogP contribution in [0.2, 0.25) is 5.02 Å². The van der Waals surface area contributed by atoms with Gasteiger partial charge in [-0.25, -0.2) is 0 Å². The lowest BCUT2D eigenvalue weighted by molar-refractivity contribution is 0.0817. The van der Waals surface area contributed by atoms with Gasteiger partial charge in [-0.05, 0) is 25.1 Å². The molecular weight excluding hydrogens is 264 g/mol. The molecule has 1 aliphatic rings. The Labute approximate surface area is 118 Å². The zero-order valence-corrected chi connectivity index (χ0v) is 12.0. The van der Waals surface area contributed by atoms with Crippen LogP contribution in [0.25, 0.3) is 0 Å². The summed E-state index contributed by atoms with van der Waals surface area (Å²) in [4.78, 5) is 14.8. The molecule has 0 saturated carbocycles. The summed E-state index contributed by atoms with van der Waals surface area (Å²) in [6, 6.07) is 4.99. The minimum atomic E-state index is -0.158. The second-order valence-corrected chi connectivity index (χ2v) is 5.11. The van der Waals surface area contributed by atoms with Gasteiger partial charge in [0.05, 0.1) is 18.7 Å². The number of benzene rings is 1. The van der Waals surface area contributed by atoms with E-state index in [1.165, 1.54) is 0 Å². The van der Waals surface area contributed by atoms with E-state index in [2.05, 4.69) is 10.2 Å². The van der Waals surface area contributed by atoms with Gasteiger partial charge in [0.15, 0.2) is 5.78 Å². The van der Waals surface area contributed by atoms with Crippen molar-refractivity contribution >= 4 is 17.4 Å². The minimum Gasteiger partial charge on any atom is -0.496 e. The third-order valence-corrected chi connectivity index (χ3v) is 3.74. The summed E-state index contributed by atoms with van der Waals surface area (Å²) >= 11 is 5.98. The first-order valence-corrected chi connectivity index (χ1v) is 6.84. The summed E-state index contributed by atoms with van der Waals surface area (Å²) in [5.41, 5.74) is 0.557. The summed E-state index contributed by atoms with van der Waals surface area (Å²) < 4.78 is 5.25. The van der Waals surface area contributed by atoms with Gasteiger partial charge < -0.3 is 10.1 Å². The molecule has 1 aromatic rings. The number of methoxy groups -OCH3 is 1. The Bertz CT molecular complexity index is 459. The number of hydrogen-bond donors (Lipinski definition) is 1. The van der Waals surface area contributed by atoms with Crippen LogP contribution in [0.1, 0.15) is 17.3 Å². The summed E-state index contributed by atoms with van der Waals surface area (Å²) in [7, 11) is 1.56. The van der Waals surface area contributed by atoms with Gasteiger partial charge in [-0.2, -0.15) is 0 Å². The average Bonchev–Trinajstić information content (AvgIpc) is 2.46. The first-order valence-electron chi connectivity index (χ1n) is 6.46. The van der Waals surface area contributed by atoms with Gasteiger partial charge in [-0.3, -0.25) is 9.69 Å². The van der Waals surface area contributed by atoms with E-state index in [4.69, 9.17) is 16.3 Å². The highest BCUT2D eigenvalue weighted by molar-refractivity contribution is 6.31. The number of rotatable bonds is 4. The third-order valence-electron chi connectivity index (χ3n) is 3.51. The molecule has 2 rings (SSSR count). The highest BCUT2D eigenvalue weighted by Crippen LogP contribution is 2.25. The number of ether oxygens (including phenoxy) is 1. The van der Waals surface area contributed by atoms with Crippen LogP contribution in [0.3, 0.4) is 0 Å². The zero-order chi connectivity index (χ0) is 13.8. The monoisotopic (exact) mass is 282 g/mol. The van der Waals surface area contributed by atoms with Crippen molar-refractivity contribution in [3.8, 4) is 5.75 Å². The van der Waals surface area contributed by atoms with Crippen molar-refractivity contribution in [2.75, 3.05) is 33.3 Å². The molecule has 0 amide bonds. The van der Waals surface area contributed by atoms with Crippen LogP contribution in [0.4, 0.5) is 0 Å². The number of piperazine rings is 1. The van der Waals surface area contributed by atoms with E-state index in [9.17, 15) is 4.79 Å². The Hall–Kier alpha value is -1.10. The minimum absolute atomic E-state index is 0.0567. The van der Waals surface area contributed by atoms with E-state index in [-0.39, 0.29) is 11.8 Å². The summed E-state index contributed by atoms with van der Waals surface area (Å²) in [6.07, 6.45) is 0. The van der Waals surface area contributed by atoms with Crippen molar-refractivity contribution in [1.29, 1.82) is 0 Å². The molecule has 0 spiro atoms. The molecule has 0 aliphatic carbocycles. The van der Waals surface area contributed by atoms with Crippen molar-refractivity contribution in [3.05, 3.63) is 28.8 Å². The van der Waals surface area contributed by atoms with Crippen LogP contribution in [-0.2, 0) is 0 Å². The van der Waals surface area contributed by atoms with Crippen LogP contribution in [0, 0.1) is 0 Å². The zero-order valence-electron chi connectivity index (χ0n) is 11.3. The van der Waals surface area contributed by atoms with E-state index >= 15 is 0 Å². The predicted octanol–water partition coefficient (Wildman–Crippen LogP) is 1.82. The van der Waals surface area contributed by atoms with Gasteiger partial charge in [-0.15, -0.1) is 0 Å². The fourth-order valence-electron chi connectivity index (χ4n) is 2.33. The number of ketones is 1. The molecule has 1 heterocycles. The number of hydrogen-bond acceptors (Lipinski definition) is 4. The summed E-state index contributed by atoms with van der Waals surface area (Å²) in [5, 5.41) is 3.83. The Morgan fingerprint density at radius 2 is 2.11 bits per heavy atom. The molecule has 1 aromatic carbocycles. The average molecular weight is 283 g/mol. The second kappa shape index (κ2) is 6.37. The lowest BCUT2D eigenvalue weighted by Gasteiger charge is -2.32. The van der Waals surface area contributed by atoms with E-state index in [1.807, 2.05) is 6.92 Å². The Kier molecular flexibility index (Phi) is 4.80. The molecule has 1 saturated heterocycles. The molecule has 104 valence electrons. The molecule has 5 heteroatoms. The molecule has 0 aromatic heterocycles. The first kappa shape index (κ1) is 14.3. The van der Waals surface area contributed by atoms with Crippen LogP contribution in [0.5, 0.6) is 5.75 Å². The van der Waals surface area contributed by atoms with Gasteiger partial charge in [0.2, 0.25) is 0 Å². The topological polar surface area (TPSA) is 41.6 Å². The van der Waals surface area contributed by atoms with Gasteiger partial charge >= 0.3 is 0 Å². The maximum atomic E-state index is 12.6. The van der Waals surface area contributed by atoms with E-state index in [0.717, 1.165) is 26.2 Å². The smallest absolute Gasteiger partial charge is 0.183 e. The lowest BCUT2D eigenvalue weighted by atomic mass is 10.0. The quantitative estimate of drug-likeness (QED) is 0.856. The van der Waals surface area contributed by atoms with Crippen molar-refractivity contribution in [2.45, 2.75) is 13.0 Å². The maximum Gasteiger partial charge on any atom is 0.183 e. The molecular formula is C14H19ClN2O2. The van der Waals surface area contributed by atoms with Crippen LogP contribution in [0.15, 0.2) is 18.2 Å². The molecule has 1 aliphatic heterocycles. The molecule has 0 bridgehead atoms. The fourth-order valence-corrected chi connectivity index (χ4v) is 2.51. The number of halogens is 1. The standard InChI is InChI=1S/C14H19ClN2O2/c1-10(17-7-5-16-6-8-17)14(18)12-9-11(15)3-4-13(12)19-2/h3-4,9-10,16H,5-8H2,1-2H3. The Balaban J connectivity index is 2.20. The van der Waals surface area contributed by atoms with Gasteiger partial charge in [0, 0.05) is 31.2 Å². The normalized spacial score (nSPS) is 18.1. The number of nitrogens with zero attached hydrogens (tertiary/aromatic N) is 1. The van der Waals surface area contributed by atoms with Gasteiger partial charge in [0.25, 0.3) is 0 Å². The number of nitrogens with one attached hydrogen (secondary N) is 1. The SMILES string of the molecule is COc1ccc(Cl)cc1C(=O)C(C)N1CCNCC1. The van der Waals surface area contributed by atoms with Crippen LogP contribution < -0.4 is 10.1 Å². The van der Waals surface area contributed by atoms with Crippen molar-refractivity contribution in [2.24, 2.45) is 0 Å². The molecule has 1 N–H and O–H groups in total. The van der Waals surface area contributed by atoms with E-state index in [1.54, 1.807) is 25.3 Å². The van der Waals surface area contributed by atoms with Gasteiger partial charge in [0.1, 0.15) is 5.75 Å². The first-order chi connectivity index (χ1) is 9.13. The molecule has 1 fully saturated rings. The highest BCUT2D eigenvalue weighted by Gasteiger charge is 2.25. The third kappa shape index (κ3) is 3.26. The van der Waals surface area contributed by atoms with E-state index < -0.39 is 0 Å². The van der Waals surface area contributed by atoms with Crippen LogP contribution >= 0.6 is 11.6 Å². The van der Waals surface area contributed by atoms with Gasteiger partial charge in [-0.1, -0.05) is 11.6 Å². The largest absolute Gasteiger partial charge is 0.496 e. The van der Waals surface area contributed by atoms with Crippen LogP contribution in [-0.4, -0.2) is 50.0 Å². The lowest BCUT2D eigenvalue weighted by Crippen LogP contribution is -2.50. The Morgan fingerprint density at radius 1 is 1.42 bits per heavy atom. The predicted molar refractivity (Wildman–Crippen MR) is 76.2 cm³/mol. The molecule has 19 heavy (non-hydrogen) atoms. The van der Waals surface area contributed by atoms with Crippen molar-refractivity contribution in [3.63, 3.8) is 0 Å². The highest BCUT2D eigenvalue weighted by atomic mass is 35.5. The number of Topliss-reactive ketones (excluding diaryl/α,β-unsaturated/α-hetero) is 1. The summed E-state index contributed by atoms with van der Waals surface area (Å²) in [6.45, 7) is 5.55. The van der Waals surface area contributed by atoms with E-state index in [0.29, 0.717) is 16.3 Å². The second-order valence-electron chi connectivity index (χ2n) is 4.67. The fraction of sp³-hybridized carbons (Fsp3) is 0.500. The maximum absolute atomic E-state index is 12.6. The number of carbonyl (C=O) groups excluding carboxylic acids is 1. The summed E-state index contributed by atoms with van der Waals surface area (Å²) in [5.74, 6) is 0.637. The molecule has 4 nitrogen and oxygen atoms in total. The molecule has 0 radical (unpaired) electrons. The Morgan fingerprint density at radius 3 is 2.74 bits per heavy atom. The van der Waals surface area contributed by atoms with Crippen molar-refractivity contribution < 1.29 is 9.53 Å². The molecule has 1 unspecified atom stereocenters. The molecule has 1 atom stereocenters.